The second kappa shape index (κ2) is 27.4. The molecular weight excluding hydrogens is 1550 g/mol. The van der Waals surface area contributed by atoms with Crippen LogP contribution in [0, 0.1) is 0 Å². The van der Waals surface area contributed by atoms with Gasteiger partial charge in [-0.1, -0.05) is 364 Å². The molecule has 0 saturated heterocycles. The molecule has 28 rings (SSSR count). The molecule has 590 valence electrons. The van der Waals surface area contributed by atoms with Crippen molar-refractivity contribution in [3.63, 3.8) is 0 Å². The fourth-order valence-electron chi connectivity index (χ4n) is 21.7. The van der Waals surface area contributed by atoms with Crippen LogP contribution in [0.4, 0.5) is 34.1 Å². The van der Waals surface area contributed by atoms with E-state index in [1.54, 1.807) is 9.13 Å². The lowest BCUT2D eigenvalue weighted by Gasteiger charge is -2.46. The standard InChI is InChI=1S/C122H73BN4O/c1-5-29-82-74(25-1)55-62-94-86(82)38-19-42-90(94)103-46-23-47-104(91-43-20-39-87-83-30-6-2-26-75(83)56-63-95(87)91)121(103)126-114-72-80(124-110-50-14-9-33-98(110)99-34-10-15-51-111(99)124)60-66-108(114)123-109-67-61-81(125-112-52-16-11-35-100(112)101-36-12-17-53-113(101)125)73-115(109)127(117-71-79(70-116(126)120(117)123)78-59-68-119-107(69-78)102-37-13-18-54-118(102)128-119)122-105(92-44-21-40-88-84-31-7-3-27-76(84)57-64-96(88)92)48-24-49-106(122)93-45-22-41-89-85-32-8-4-28-77(85)58-65-97(89)93/h1-73H/i9D,10D,11D,12D,14D,15D,16D,17D,33D,34D,35D,36D,50D,51D,52D,53D. The predicted molar refractivity (Wildman–Crippen MR) is 544 cm³/mol. The minimum absolute atomic E-state index is 0.0799. The van der Waals surface area contributed by atoms with Gasteiger partial charge in [0, 0.05) is 88.7 Å². The van der Waals surface area contributed by atoms with Crippen molar-refractivity contribution in [3.8, 4) is 67.0 Å². The summed E-state index contributed by atoms with van der Waals surface area (Å²) in [4.78, 5) is 4.75. The van der Waals surface area contributed by atoms with Crippen molar-refractivity contribution >= 4 is 209 Å². The summed E-state index contributed by atoms with van der Waals surface area (Å²) in [6.07, 6.45) is 0. The molecule has 128 heavy (non-hydrogen) atoms. The van der Waals surface area contributed by atoms with E-state index < -0.39 is 103 Å². The summed E-state index contributed by atoms with van der Waals surface area (Å²) in [5.41, 5.74) is 15.7. The predicted octanol–water partition coefficient (Wildman–Crippen LogP) is 31.4. The van der Waals surface area contributed by atoms with Crippen LogP contribution in [-0.4, -0.2) is 15.8 Å². The van der Waals surface area contributed by atoms with Crippen LogP contribution in [0.2, 0.25) is 0 Å². The molecule has 0 amide bonds. The van der Waals surface area contributed by atoms with Gasteiger partial charge < -0.3 is 23.4 Å². The fraction of sp³-hybridized carbons (Fsp3) is 0. The molecule has 0 saturated carbocycles. The van der Waals surface area contributed by atoms with Crippen LogP contribution in [0.5, 0.6) is 0 Å². The van der Waals surface area contributed by atoms with E-state index in [0.717, 1.165) is 152 Å². The Labute approximate surface area is 759 Å². The first-order chi connectivity index (χ1) is 70.2. The monoisotopic (exact) mass is 1640 g/mol. The largest absolute Gasteiger partial charge is 0.456 e. The lowest BCUT2D eigenvalue weighted by molar-refractivity contribution is 0.669. The summed E-state index contributed by atoms with van der Waals surface area (Å²) < 4.78 is 166. The highest BCUT2D eigenvalue weighted by atomic mass is 16.3. The van der Waals surface area contributed by atoms with E-state index in [1.807, 2.05) is 84.9 Å². The highest BCUT2D eigenvalue weighted by Crippen LogP contribution is 2.57. The summed E-state index contributed by atoms with van der Waals surface area (Å²) in [5, 5.41) is 17.5. The van der Waals surface area contributed by atoms with Gasteiger partial charge in [-0.05, 0) is 215 Å². The molecule has 5 nitrogen and oxygen atoms in total. The van der Waals surface area contributed by atoms with Crippen LogP contribution in [0.15, 0.2) is 447 Å². The minimum Gasteiger partial charge on any atom is -0.456 e. The van der Waals surface area contributed by atoms with E-state index in [9.17, 15) is 21.9 Å². The molecule has 0 radical (unpaired) electrons. The Kier molecular flexibility index (Phi) is 12.1. The van der Waals surface area contributed by atoms with E-state index >= 15 is 0 Å². The fourth-order valence-corrected chi connectivity index (χ4v) is 21.7. The highest BCUT2D eigenvalue weighted by molar-refractivity contribution is 7.00. The van der Waals surface area contributed by atoms with Gasteiger partial charge in [0.2, 0.25) is 0 Å². The number of anilines is 6. The molecule has 0 aliphatic carbocycles. The van der Waals surface area contributed by atoms with Crippen molar-refractivity contribution in [1.29, 1.82) is 0 Å². The molecule has 2 aliphatic rings. The van der Waals surface area contributed by atoms with Gasteiger partial charge in [-0.2, -0.15) is 0 Å². The maximum atomic E-state index is 10.2. The molecular formula is C122H73BN4O. The average molecular weight is 1640 g/mol. The second-order valence-electron chi connectivity index (χ2n) is 33.5. The lowest BCUT2D eigenvalue weighted by atomic mass is 9.33. The van der Waals surface area contributed by atoms with Crippen molar-refractivity contribution in [2.45, 2.75) is 0 Å². The maximum Gasteiger partial charge on any atom is 0.252 e. The number of benzene rings is 23. The Morgan fingerprint density at radius 1 is 0.211 bits per heavy atom. The average Bonchev–Trinajstić information content (AvgIpc) is 0.757. The Hall–Kier alpha value is -16.8. The van der Waals surface area contributed by atoms with E-state index in [4.69, 9.17) is 4.42 Å². The normalized spacial score (nSPS) is 14.4. The van der Waals surface area contributed by atoms with Crippen LogP contribution < -0.4 is 26.2 Å². The molecule has 3 aromatic heterocycles. The molecule has 0 bridgehead atoms. The topological polar surface area (TPSA) is 29.5 Å². The van der Waals surface area contributed by atoms with Crippen molar-refractivity contribution in [1.82, 2.24) is 9.13 Å². The second-order valence-corrected chi connectivity index (χ2v) is 33.5. The molecule has 2 aliphatic heterocycles. The van der Waals surface area contributed by atoms with Gasteiger partial charge in [0.25, 0.3) is 6.71 Å². The first kappa shape index (κ1) is 56.8. The van der Waals surface area contributed by atoms with Crippen LogP contribution in [0.3, 0.4) is 0 Å². The van der Waals surface area contributed by atoms with Gasteiger partial charge in [0.05, 0.1) is 55.4 Å². The number of aromatic nitrogens is 2. The van der Waals surface area contributed by atoms with Gasteiger partial charge in [-0.3, -0.25) is 0 Å². The Morgan fingerprint density at radius 3 is 0.914 bits per heavy atom. The van der Waals surface area contributed by atoms with E-state index in [1.165, 1.54) is 0 Å². The third-order valence-electron chi connectivity index (χ3n) is 27.2. The zero-order valence-electron chi connectivity index (χ0n) is 84.2. The van der Waals surface area contributed by atoms with Gasteiger partial charge in [-0.25, -0.2) is 0 Å². The van der Waals surface area contributed by atoms with Crippen molar-refractivity contribution in [2.24, 2.45) is 0 Å². The van der Waals surface area contributed by atoms with Crippen LogP contribution in [0.1, 0.15) is 21.9 Å². The molecule has 0 fully saturated rings. The van der Waals surface area contributed by atoms with Crippen molar-refractivity contribution in [2.75, 3.05) is 9.80 Å². The van der Waals surface area contributed by atoms with Gasteiger partial charge in [-0.15, -0.1) is 0 Å². The summed E-state index contributed by atoms with van der Waals surface area (Å²) in [6.45, 7) is -0.905. The summed E-state index contributed by atoms with van der Waals surface area (Å²) in [6, 6.07) is 112. The number of furan rings is 1. The molecule has 5 heterocycles. The van der Waals surface area contributed by atoms with Gasteiger partial charge in [0.1, 0.15) is 11.2 Å². The van der Waals surface area contributed by atoms with Crippen LogP contribution >= 0.6 is 0 Å². The first-order valence-corrected chi connectivity index (χ1v) is 43.1. The van der Waals surface area contributed by atoms with Gasteiger partial charge >= 0.3 is 0 Å². The van der Waals surface area contributed by atoms with Crippen molar-refractivity contribution < 1.29 is 26.3 Å². The number of fused-ring (bicyclic) bond motifs is 25. The number of rotatable bonds is 9. The number of nitrogens with zero attached hydrogens (tertiary/aromatic N) is 4. The highest BCUT2D eigenvalue weighted by Gasteiger charge is 2.46. The minimum atomic E-state index is -0.905. The Bertz CT molecular complexity index is 9450. The number of para-hydroxylation sites is 7. The summed E-state index contributed by atoms with van der Waals surface area (Å²) in [7, 11) is 0. The third-order valence-corrected chi connectivity index (χ3v) is 27.2. The van der Waals surface area contributed by atoms with E-state index in [2.05, 4.69) is 271 Å². The molecule has 0 unspecified atom stereocenters. The summed E-state index contributed by atoms with van der Waals surface area (Å²) >= 11 is 0. The number of hydrogen-bond acceptors (Lipinski definition) is 3. The van der Waals surface area contributed by atoms with Crippen LogP contribution in [-0.2, 0) is 0 Å². The quantitative estimate of drug-likeness (QED) is 0.107. The molecule has 0 atom stereocenters. The molecule has 26 aromatic rings. The molecule has 0 N–H and O–H groups in total. The Morgan fingerprint density at radius 2 is 0.531 bits per heavy atom. The lowest BCUT2D eigenvalue weighted by Crippen LogP contribution is -2.61. The first-order valence-electron chi connectivity index (χ1n) is 51.1. The van der Waals surface area contributed by atoms with Crippen molar-refractivity contribution in [3.05, 3.63) is 442 Å². The van der Waals surface area contributed by atoms with Crippen LogP contribution in [0.25, 0.3) is 219 Å². The molecule has 0 spiro atoms. The molecule has 6 heteroatoms. The smallest absolute Gasteiger partial charge is 0.252 e. The Balaban J connectivity index is 0.858. The number of hydrogen-bond donors (Lipinski definition) is 0. The zero-order valence-corrected chi connectivity index (χ0v) is 68.2. The zero-order chi connectivity index (χ0) is 97.4. The summed E-state index contributed by atoms with van der Waals surface area (Å²) in [5.74, 6) is 0. The van der Waals surface area contributed by atoms with Gasteiger partial charge in [0.15, 0.2) is 0 Å². The maximum absolute atomic E-state index is 10.2. The third kappa shape index (κ3) is 10.2. The van der Waals surface area contributed by atoms with E-state index in [0.29, 0.717) is 61.8 Å². The SMILES string of the molecule is [2H]c1c([2H])c([2H])c2c(c1[2H])c1c([2H])c([2H])c([2H])c([2H])c1n2-c1ccc2c(c1)N(c1c(-c3cccc4c3ccc3ccccc34)cccc1-c1cccc3c1ccc1ccccc13)c1cc(-c3ccc4oc5ccccc5c4c3)cc3c1B2c1ccc(-n2c4c([2H])c([2H])c([2H])c([2H])c4c4c([2H])c([2H])c([2H])c([2H])c42)cc1N3c1c(-c2cccc3c2ccc2ccccc23)cccc1-c1cccc2c1ccc1ccccc12. The van der Waals surface area contributed by atoms with E-state index in [-0.39, 0.29) is 55.0 Å². The molecule has 23 aromatic carbocycles.